The number of amides is 1. The number of carbonyl (C=O) groups excluding carboxylic acids is 1. The van der Waals surface area contributed by atoms with Crippen LogP contribution in [0.5, 0.6) is 0 Å². The Morgan fingerprint density at radius 3 is 2.44 bits per heavy atom. The summed E-state index contributed by atoms with van der Waals surface area (Å²) in [5.41, 5.74) is 9.26. The molecule has 10 heteroatoms. The van der Waals surface area contributed by atoms with E-state index in [9.17, 15) is 13.2 Å². The molecule has 1 amide bonds. The lowest BCUT2D eigenvalue weighted by molar-refractivity contribution is 0.101. The number of hydrogen-bond donors (Lipinski definition) is 3. The minimum Gasteiger partial charge on any atom is -0.384 e. The number of aromatic nitrogens is 3. The Labute approximate surface area is 207 Å². The maximum Gasteiger partial charge on any atom is 0.274 e. The summed E-state index contributed by atoms with van der Waals surface area (Å²) in [5, 5.41) is 14.5. The maximum atomic E-state index is 13.2. The number of hydrogen-bond acceptors (Lipinski definition) is 6. The van der Waals surface area contributed by atoms with E-state index in [-0.39, 0.29) is 10.8 Å². The van der Waals surface area contributed by atoms with E-state index in [2.05, 4.69) is 15.4 Å². The van der Waals surface area contributed by atoms with E-state index in [0.717, 1.165) is 10.8 Å². The summed E-state index contributed by atoms with van der Waals surface area (Å²) in [6.45, 7) is 1.81. The van der Waals surface area contributed by atoms with Crippen molar-refractivity contribution >= 4 is 38.2 Å². The second-order valence-corrected chi connectivity index (χ2v) is 9.83. The summed E-state index contributed by atoms with van der Waals surface area (Å²) < 4.78 is 25.5. The predicted octanol–water partition coefficient (Wildman–Crippen LogP) is 3.88. The first kappa shape index (κ1) is 23.2. The van der Waals surface area contributed by atoms with Crippen molar-refractivity contribution in [3.05, 3.63) is 96.4 Å². The molecular formula is C26H22N6O3S. The zero-order chi connectivity index (χ0) is 25.4. The molecule has 2 aromatic heterocycles. The number of nitrogen functional groups attached to an aromatic ring is 1. The molecule has 3 aromatic carbocycles. The van der Waals surface area contributed by atoms with Crippen LogP contribution < -0.4 is 16.2 Å². The number of rotatable bonds is 5. The van der Waals surface area contributed by atoms with Gasteiger partial charge < -0.3 is 11.1 Å². The van der Waals surface area contributed by atoms with Gasteiger partial charge in [0.2, 0.25) is 10.0 Å². The standard InChI is InChI=1S/C26H22N6O3S/c1-16-12-23(32(31-16)21-11-8-18-15-29-25(27)14-19(18)13-21)26(33)30-20-9-6-17(7-10-20)22-4-2-3-5-24(22)36(28,34)35/h2-15H,1H3,(H2,27,29)(H,30,33)(H2,28,34,35). The number of nitrogens with zero attached hydrogens (tertiary/aromatic N) is 3. The topological polar surface area (TPSA) is 146 Å². The van der Waals surface area contributed by atoms with Gasteiger partial charge in [-0.05, 0) is 60.3 Å². The third-order valence-corrected chi connectivity index (χ3v) is 6.65. The van der Waals surface area contributed by atoms with E-state index in [0.29, 0.717) is 39.7 Å². The van der Waals surface area contributed by atoms with Gasteiger partial charge in [0.25, 0.3) is 5.91 Å². The molecule has 0 unspecified atom stereocenters. The fraction of sp³-hybridized carbons (Fsp3) is 0.0385. The van der Waals surface area contributed by atoms with Crippen LogP contribution in [0.2, 0.25) is 0 Å². The van der Waals surface area contributed by atoms with Crippen LogP contribution in [0, 0.1) is 6.92 Å². The van der Waals surface area contributed by atoms with Crippen LogP contribution in [0.25, 0.3) is 27.6 Å². The van der Waals surface area contributed by atoms with Crippen molar-refractivity contribution in [2.24, 2.45) is 5.14 Å². The molecule has 0 fully saturated rings. The first-order valence-corrected chi connectivity index (χ1v) is 12.5. The molecule has 36 heavy (non-hydrogen) atoms. The van der Waals surface area contributed by atoms with E-state index in [1.165, 1.54) is 6.07 Å². The van der Waals surface area contributed by atoms with Crippen LogP contribution in [0.4, 0.5) is 11.5 Å². The van der Waals surface area contributed by atoms with Gasteiger partial charge in [-0.2, -0.15) is 5.10 Å². The van der Waals surface area contributed by atoms with Crippen LogP contribution in [-0.4, -0.2) is 29.1 Å². The van der Waals surface area contributed by atoms with Crippen molar-refractivity contribution in [2.45, 2.75) is 11.8 Å². The molecule has 0 saturated carbocycles. The molecule has 0 saturated heterocycles. The van der Waals surface area contributed by atoms with E-state index in [1.807, 2.05) is 25.1 Å². The normalized spacial score (nSPS) is 11.5. The lowest BCUT2D eigenvalue weighted by atomic mass is 10.1. The van der Waals surface area contributed by atoms with Crippen LogP contribution in [-0.2, 0) is 10.0 Å². The molecule has 0 radical (unpaired) electrons. The fourth-order valence-electron chi connectivity index (χ4n) is 4.02. The SMILES string of the molecule is Cc1cc(C(=O)Nc2ccc(-c3ccccc3S(N)(=O)=O)cc2)n(-c2ccc3cnc(N)cc3c2)n1. The molecular weight excluding hydrogens is 476 g/mol. The summed E-state index contributed by atoms with van der Waals surface area (Å²) in [5.74, 6) is 0.0621. The fourth-order valence-corrected chi connectivity index (χ4v) is 4.78. The zero-order valence-electron chi connectivity index (χ0n) is 19.2. The Bertz CT molecular complexity index is 1730. The number of pyridine rings is 1. The lowest BCUT2D eigenvalue weighted by Crippen LogP contribution is -2.17. The van der Waals surface area contributed by atoms with E-state index in [4.69, 9.17) is 10.9 Å². The number of primary sulfonamides is 1. The Morgan fingerprint density at radius 2 is 1.69 bits per heavy atom. The van der Waals surface area contributed by atoms with Crippen molar-refractivity contribution < 1.29 is 13.2 Å². The van der Waals surface area contributed by atoms with Gasteiger partial charge in [-0.1, -0.05) is 36.4 Å². The third kappa shape index (κ3) is 4.54. The van der Waals surface area contributed by atoms with Gasteiger partial charge in [-0.15, -0.1) is 0 Å². The highest BCUT2D eigenvalue weighted by atomic mass is 32.2. The van der Waals surface area contributed by atoms with Crippen LogP contribution >= 0.6 is 0 Å². The van der Waals surface area contributed by atoms with E-state index in [1.54, 1.807) is 65.5 Å². The molecule has 0 bridgehead atoms. The molecule has 0 aliphatic rings. The summed E-state index contributed by atoms with van der Waals surface area (Å²) in [7, 11) is -3.88. The number of carbonyl (C=O) groups is 1. The minimum atomic E-state index is -3.88. The number of fused-ring (bicyclic) bond motifs is 1. The van der Waals surface area contributed by atoms with Gasteiger partial charge in [0.15, 0.2) is 0 Å². The summed E-state index contributed by atoms with van der Waals surface area (Å²) in [6.07, 6.45) is 1.70. The van der Waals surface area contributed by atoms with Gasteiger partial charge in [0.05, 0.1) is 16.3 Å². The molecule has 0 aliphatic carbocycles. The molecule has 0 aliphatic heterocycles. The van der Waals surface area contributed by atoms with Crippen LogP contribution in [0.3, 0.4) is 0 Å². The van der Waals surface area contributed by atoms with Crippen molar-refractivity contribution in [2.75, 3.05) is 11.1 Å². The van der Waals surface area contributed by atoms with Gasteiger partial charge in [0.1, 0.15) is 11.5 Å². The number of nitrogens with one attached hydrogen (secondary N) is 1. The Kier molecular flexibility index (Phi) is 5.75. The largest absolute Gasteiger partial charge is 0.384 e. The first-order chi connectivity index (χ1) is 17.2. The molecule has 5 rings (SSSR count). The van der Waals surface area contributed by atoms with Crippen molar-refractivity contribution in [3.8, 4) is 16.8 Å². The maximum absolute atomic E-state index is 13.2. The third-order valence-electron chi connectivity index (χ3n) is 5.68. The van der Waals surface area contributed by atoms with E-state index >= 15 is 0 Å². The molecule has 0 spiro atoms. The molecule has 180 valence electrons. The number of benzene rings is 3. The minimum absolute atomic E-state index is 0.0362. The molecule has 0 atom stereocenters. The van der Waals surface area contributed by atoms with Crippen molar-refractivity contribution in [3.63, 3.8) is 0 Å². The van der Waals surface area contributed by atoms with E-state index < -0.39 is 10.0 Å². The summed E-state index contributed by atoms with van der Waals surface area (Å²) in [6, 6.07) is 22.5. The number of nitrogens with two attached hydrogens (primary N) is 2. The number of anilines is 2. The highest BCUT2D eigenvalue weighted by Crippen LogP contribution is 2.28. The van der Waals surface area contributed by atoms with Gasteiger partial charge in [-0.3, -0.25) is 4.79 Å². The zero-order valence-corrected chi connectivity index (χ0v) is 20.0. The Balaban J connectivity index is 1.43. The van der Waals surface area contributed by atoms with Gasteiger partial charge >= 0.3 is 0 Å². The average molecular weight is 499 g/mol. The molecule has 2 heterocycles. The monoisotopic (exact) mass is 498 g/mol. The molecule has 5 aromatic rings. The number of sulfonamides is 1. The first-order valence-electron chi connectivity index (χ1n) is 10.9. The summed E-state index contributed by atoms with van der Waals surface area (Å²) in [4.78, 5) is 17.3. The lowest BCUT2D eigenvalue weighted by Gasteiger charge is -2.11. The summed E-state index contributed by atoms with van der Waals surface area (Å²) >= 11 is 0. The van der Waals surface area contributed by atoms with Crippen molar-refractivity contribution in [1.82, 2.24) is 14.8 Å². The highest BCUT2D eigenvalue weighted by Gasteiger charge is 2.17. The van der Waals surface area contributed by atoms with Gasteiger partial charge in [0, 0.05) is 22.8 Å². The van der Waals surface area contributed by atoms with Crippen molar-refractivity contribution in [1.29, 1.82) is 0 Å². The molecule has 5 N–H and O–H groups in total. The number of aryl methyl sites for hydroxylation is 1. The Morgan fingerprint density at radius 1 is 0.944 bits per heavy atom. The van der Waals surface area contributed by atoms with Crippen LogP contribution in [0.15, 0.2) is 90.0 Å². The van der Waals surface area contributed by atoms with Crippen LogP contribution in [0.1, 0.15) is 16.2 Å². The smallest absolute Gasteiger partial charge is 0.274 e. The Hall–Kier alpha value is -4.54. The second-order valence-electron chi connectivity index (χ2n) is 8.30. The quantitative estimate of drug-likeness (QED) is 0.335. The van der Waals surface area contributed by atoms with Gasteiger partial charge in [-0.25, -0.2) is 23.2 Å². The average Bonchev–Trinajstić information content (AvgIpc) is 3.25. The molecule has 9 nitrogen and oxygen atoms in total. The second kappa shape index (κ2) is 8.91. The highest BCUT2D eigenvalue weighted by molar-refractivity contribution is 7.89. The predicted molar refractivity (Wildman–Crippen MR) is 139 cm³/mol.